The molecule has 72 valence electrons. The van der Waals surface area contributed by atoms with E-state index < -0.39 is 12.3 Å². The molecule has 0 unspecified atom stereocenters. The van der Waals surface area contributed by atoms with Gasteiger partial charge in [-0.3, -0.25) is 0 Å². The smallest absolute Gasteiger partial charge is 0.550 e. The third-order valence-corrected chi connectivity index (χ3v) is 0.524. The van der Waals surface area contributed by atoms with Gasteiger partial charge >= 0.3 is 37.7 Å². The molecule has 0 aromatic carbocycles. The predicted molar refractivity (Wildman–Crippen MR) is 34.0 cm³/mol. The van der Waals surface area contributed by atoms with Crippen LogP contribution in [0, 0.1) is 0 Å². The molecule has 0 N–H and O–H groups in total. The molecule has 0 aromatic heterocycles. The zero-order valence-corrected chi connectivity index (χ0v) is 8.86. The van der Waals surface area contributed by atoms with E-state index >= 15 is 0 Å². The number of hydrogen-bond acceptors (Lipinski definition) is 6. The third kappa shape index (κ3) is 41.1. The maximum absolute atomic E-state index is 9.27. The molecule has 14 heavy (non-hydrogen) atoms. The maximum Gasteiger partial charge on any atom is 1.00 e. The third-order valence-electron chi connectivity index (χ3n) is 0.524. The van der Waals surface area contributed by atoms with Crippen LogP contribution in [0.2, 0.25) is 0 Å². The van der Waals surface area contributed by atoms with E-state index in [0.29, 0.717) is 0 Å². The molecular formula is C6H10Li2O6. The molecule has 6 nitrogen and oxygen atoms in total. The van der Waals surface area contributed by atoms with Gasteiger partial charge in [0.15, 0.2) is 0 Å². The Hall–Kier alpha value is -0.265. The Balaban J connectivity index is -0.0000000625. The van der Waals surface area contributed by atoms with Gasteiger partial charge in [-0.1, -0.05) is 0 Å². The number of ether oxygens (including phenoxy) is 2. The van der Waals surface area contributed by atoms with E-state index in [1.54, 1.807) is 13.8 Å². The van der Waals surface area contributed by atoms with Crippen LogP contribution < -0.4 is 47.9 Å². The van der Waals surface area contributed by atoms with Crippen molar-refractivity contribution in [1.82, 2.24) is 0 Å². The Labute approximate surface area is 106 Å². The van der Waals surface area contributed by atoms with Crippen molar-refractivity contribution >= 4 is 12.3 Å². The monoisotopic (exact) mass is 192 g/mol. The molecule has 0 fully saturated rings. The fraction of sp³-hybridized carbons (Fsp3) is 0.667. The van der Waals surface area contributed by atoms with Crippen LogP contribution in [0.1, 0.15) is 13.8 Å². The second-order valence-electron chi connectivity index (χ2n) is 1.37. The standard InChI is InChI=1S/2C3H6O3.2Li/c2*1-2-6-3(4)5;;/h2*2H2,1H3,(H,4,5);;/q;;2*+1/p-2. The van der Waals surface area contributed by atoms with E-state index in [4.69, 9.17) is 0 Å². The zero-order valence-electron chi connectivity index (χ0n) is 8.86. The van der Waals surface area contributed by atoms with Crippen molar-refractivity contribution < 1.29 is 67.0 Å². The van der Waals surface area contributed by atoms with Gasteiger partial charge in [-0.25, -0.2) is 0 Å². The second-order valence-corrected chi connectivity index (χ2v) is 1.37. The van der Waals surface area contributed by atoms with Gasteiger partial charge in [0.05, 0.1) is 0 Å². The van der Waals surface area contributed by atoms with Crippen LogP contribution >= 0.6 is 0 Å². The van der Waals surface area contributed by atoms with Gasteiger partial charge in [-0.2, -0.15) is 0 Å². The normalized spacial score (nSPS) is 6.43. The molecular weight excluding hydrogens is 182 g/mol. The Morgan fingerprint density at radius 1 is 0.929 bits per heavy atom. The van der Waals surface area contributed by atoms with E-state index in [0.717, 1.165) is 0 Å². The first-order chi connectivity index (χ1) is 5.54. The molecule has 0 radical (unpaired) electrons. The zero-order chi connectivity index (χ0) is 9.98. The first-order valence-electron chi connectivity index (χ1n) is 3.22. The van der Waals surface area contributed by atoms with Gasteiger partial charge in [0, 0.05) is 13.2 Å². The number of hydrogen-bond donors (Lipinski definition) is 0. The molecule has 0 heterocycles. The molecule has 8 heteroatoms. The van der Waals surface area contributed by atoms with Crippen LogP contribution in [-0.4, -0.2) is 25.5 Å². The summed E-state index contributed by atoms with van der Waals surface area (Å²) < 4.78 is 7.69. The molecule has 0 aliphatic heterocycles. The van der Waals surface area contributed by atoms with Gasteiger partial charge in [0.1, 0.15) is 0 Å². The Morgan fingerprint density at radius 3 is 1.14 bits per heavy atom. The summed E-state index contributed by atoms with van der Waals surface area (Å²) in [4.78, 5) is 18.5. The molecule has 0 spiro atoms. The fourth-order valence-corrected chi connectivity index (χ4v) is 0.236. The Kier molecular flexibility index (Phi) is 31.1. The topological polar surface area (TPSA) is 98.7 Å². The Morgan fingerprint density at radius 2 is 1.14 bits per heavy atom. The van der Waals surface area contributed by atoms with Crippen molar-refractivity contribution in [3.05, 3.63) is 0 Å². The molecule has 0 saturated carbocycles. The van der Waals surface area contributed by atoms with Crippen LogP contribution in [0.25, 0.3) is 0 Å². The summed E-state index contributed by atoms with van der Waals surface area (Å²) in [5.41, 5.74) is 0. The van der Waals surface area contributed by atoms with Crippen LogP contribution in [0.4, 0.5) is 9.59 Å². The van der Waals surface area contributed by atoms with E-state index in [1.807, 2.05) is 0 Å². The number of rotatable bonds is 2. The largest absolute Gasteiger partial charge is 1.00 e. The average Bonchev–Trinajstić information content (AvgIpc) is 1.87. The molecule has 0 atom stereocenters. The van der Waals surface area contributed by atoms with Crippen LogP contribution in [0.5, 0.6) is 0 Å². The van der Waals surface area contributed by atoms with Gasteiger partial charge in [-0.05, 0) is 13.8 Å². The number of carboxylic acid groups (broad SMARTS) is 2. The first kappa shape index (κ1) is 23.5. The van der Waals surface area contributed by atoms with E-state index in [9.17, 15) is 19.8 Å². The SMILES string of the molecule is CCOC(=O)[O-].CCOC(=O)[O-].[Li+].[Li+]. The fourth-order valence-electron chi connectivity index (χ4n) is 0.236. The van der Waals surface area contributed by atoms with Gasteiger partial charge in [0.2, 0.25) is 0 Å². The quantitative estimate of drug-likeness (QED) is 0.318. The van der Waals surface area contributed by atoms with Crippen molar-refractivity contribution in [1.29, 1.82) is 0 Å². The van der Waals surface area contributed by atoms with Gasteiger partial charge in [0.25, 0.3) is 12.3 Å². The number of carbonyl (C=O) groups excluding carboxylic acids is 2. The summed E-state index contributed by atoms with van der Waals surface area (Å²) >= 11 is 0. The summed E-state index contributed by atoms with van der Waals surface area (Å²) in [6.45, 7) is 3.50. The minimum Gasteiger partial charge on any atom is -0.550 e. The van der Waals surface area contributed by atoms with E-state index in [1.165, 1.54) is 0 Å². The van der Waals surface area contributed by atoms with Crippen LogP contribution in [0.3, 0.4) is 0 Å². The van der Waals surface area contributed by atoms with Crippen molar-refractivity contribution in [3.8, 4) is 0 Å². The van der Waals surface area contributed by atoms with E-state index in [2.05, 4.69) is 9.47 Å². The second kappa shape index (κ2) is 18.5. The maximum atomic E-state index is 9.27. The van der Waals surface area contributed by atoms with Gasteiger partial charge < -0.3 is 29.3 Å². The van der Waals surface area contributed by atoms with Crippen LogP contribution in [0.15, 0.2) is 0 Å². The summed E-state index contributed by atoms with van der Waals surface area (Å²) in [6, 6.07) is 0. The minimum atomic E-state index is -1.46. The molecule has 0 bridgehead atoms. The summed E-state index contributed by atoms with van der Waals surface area (Å²) in [5.74, 6) is 0. The average molecular weight is 192 g/mol. The minimum absolute atomic E-state index is 0. The Bertz CT molecular complexity index is 124. The molecule has 0 aromatic rings. The number of carbonyl (C=O) groups is 2. The molecule has 0 amide bonds. The molecule has 0 aliphatic carbocycles. The molecule has 0 rings (SSSR count). The molecule has 0 saturated heterocycles. The van der Waals surface area contributed by atoms with Gasteiger partial charge in [-0.15, -0.1) is 0 Å². The van der Waals surface area contributed by atoms with Crippen molar-refractivity contribution in [2.45, 2.75) is 13.8 Å². The summed E-state index contributed by atoms with van der Waals surface area (Å²) in [6.07, 6.45) is -2.92. The summed E-state index contributed by atoms with van der Waals surface area (Å²) in [5, 5.41) is 18.5. The predicted octanol–water partition coefficient (Wildman–Crippen LogP) is -7.26. The van der Waals surface area contributed by atoms with Crippen LogP contribution in [-0.2, 0) is 9.47 Å². The van der Waals surface area contributed by atoms with Crippen molar-refractivity contribution in [3.63, 3.8) is 0 Å². The molecule has 0 aliphatic rings. The van der Waals surface area contributed by atoms with Crippen molar-refractivity contribution in [2.75, 3.05) is 13.2 Å². The van der Waals surface area contributed by atoms with Crippen molar-refractivity contribution in [2.24, 2.45) is 0 Å². The first-order valence-corrected chi connectivity index (χ1v) is 3.22. The van der Waals surface area contributed by atoms with E-state index in [-0.39, 0.29) is 50.9 Å². The summed E-state index contributed by atoms with van der Waals surface area (Å²) in [7, 11) is 0.